The van der Waals surface area contributed by atoms with Crippen LogP contribution >= 0.6 is 11.3 Å². The maximum atomic E-state index is 13.0. The van der Waals surface area contributed by atoms with E-state index in [-0.39, 0.29) is 17.3 Å². The van der Waals surface area contributed by atoms with Crippen molar-refractivity contribution in [2.24, 2.45) is 0 Å². The minimum Gasteiger partial charge on any atom is -0.350 e. The Morgan fingerprint density at radius 3 is 2.56 bits per heavy atom. The molecular weight excluding hydrogens is 384 g/mol. The summed E-state index contributed by atoms with van der Waals surface area (Å²) in [5.41, 5.74) is 2.11. The summed E-state index contributed by atoms with van der Waals surface area (Å²) < 4.78 is 29.1. The second-order valence-electron chi connectivity index (χ2n) is 6.93. The zero-order valence-electron chi connectivity index (χ0n) is 16.0. The van der Waals surface area contributed by atoms with E-state index in [9.17, 15) is 13.2 Å². The number of carbonyl (C=O) groups excluding carboxylic acids is 1. The Kier molecular flexibility index (Phi) is 6.02. The van der Waals surface area contributed by atoms with Crippen LogP contribution in [0.2, 0.25) is 0 Å². The van der Waals surface area contributed by atoms with Gasteiger partial charge in [-0.25, -0.2) is 8.42 Å². The van der Waals surface area contributed by atoms with Gasteiger partial charge in [0.05, 0.1) is 17.9 Å². The molecule has 1 saturated heterocycles. The van der Waals surface area contributed by atoms with Crippen LogP contribution in [0.1, 0.15) is 41.1 Å². The molecule has 0 radical (unpaired) electrons. The summed E-state index contributed by atoms with van der Waals surface area (Å²) >= 11 is 1.60. The van der Waals surface area contributed by atoms with E-state index in [2.05, 4.69) is 10.4 Å². The lowest BCUT2D eigenvalue weighted by atomic mass is 10.2. The van der Waals surface area contributed by atoms with Crippen LogP contribution < -0.4 is 5.32 Å². The Bertz CT molecular complexity index is 925. The Morgan fingerprint density at radius 2 is 1.93 bits per heavy atom. The number of nitrogens with zero attached hydrogens (tertiary/aromatic N) is 3. The number of aryl methyl sites for hydroxylation is 2. The molecule has 0 bridgehead atoms. The van der Waals surface area contributed by atoms with Crippen LogP contribution in [0.15, 0.2) is 16.3 Å². The Labute approximate surface area is 164 Å². The molecule has 1 aliphatic rings. The first-order valence-corrected chi connectivity index (χ1v) is 11.5. The van der Waals surface area contributed by atoms with E-state index in [0.29, 0.717) is 31.0 Å². The van der Waals surface area contributed by atoms with Gasteiger partial charge >= 0.3 is 0 Å². The van der Waals surface area contributed by atoms with Crippen molar-refractivity contribution >= 4 is 27.3 Å². The van der Waals surface area contributed by atoms with Crippen LogP contribution in [0.5, 0.6) is 0 Å². The van der Waals surface area contributed by atoms with Crippen molar-refractivity contribution in [2.45, 2.75) is 58.0 Å². The fourth-order valence-corrected chi connectivity index (χ4v) is 6.13. The molecule has 3 heterocycles. The van der Waals surface area contributed by atoms with Crippen molar-refractivity contribution < 1.29 is 13.2 Å². The smallest absolute Gasteiger partial charge is 0.246 e. The molecule has 0 saturated carbocycles. The van der Waals surface area contributed by atoms with Crippen molar-refractivity contribution in [2.75, 3.05) is 13.1 Å². The predicted octanol–water partition coefficient (Wildman–Crippen LogP) is 2.36. The monoisotopic (exact) mass is 410 g/mol. The van der Waals surface area contributed by atoms with Gasteiger partial charge in [-0.15, -0.1) is 11.3 Å². The average Bonchev–Trinajstić information content (AvgIpc) is 3.16. The molecule has 0 aromatic carbocycles. The highest BCUT2D eigenvalue weighted by Gasteiger charge is 2.31. The Balaban J connectivity index is 1.73. The zero-order valence-corrected chi connectivity index (χ0v) is 17.6. The van der Waals surface area contributed by atoms with Gasteiger partial charge in [-0.3, -0.25) is 9.48 Å². The van der Waals surface area contributed by atoms with Crippen LogP contribution in [0.3, 0.4) is 0 Å². The summed E-state index contributed by atoms with van der Waals surface area (Å²) in [5, 5.41) is 9.21. The van der Waals surface area contributed by atoms with Gasteiger partial charge in [-0.2, -0.15) is 9.40 Å². The first-order valence-electron chi connectivity index (χ1n) is 9.14. The fraction of sp³-hybridized carbons (Fsp3) is 0.556. The molecule has 27 heavy (non-hydrogen) atoms. The maximum absolute atomic E-state index is 13.0. The topological polar surface area (TPSA) is 84.3 Å². The van der Waals surface area contributed by atoms with Crippen molar-refractivity contribution in [1.82, 2.24) is 19.4 Å². The maximum Gasteiger partial charge on any atom is 0.246 e. The minimum absolute atomic E-state index is 0.00656. The molecule has 2 aromatic heterocycles. The lowest BCUT2D eigenvalue weighted by Crippen LogP contribution is -2.36. The normalized spacial score (nSPS) is 15.8. The van der Waals surface area contributed by atoms with Crippen molar-refractivity contribution in [1.29, 1.82) is 0 Å². The standard InChI is InChI=1S/C18H26N4O3S2/c1-13-7-10-26-16(13)11-19-17(23)12-22-15(3)18(14(2)20-22)27(24,25)21-8-5-4-6-9-21/h7,10H,4-6,8-9,11-12H2,1-3H3,(H,19,23). The minimum atomic E-state index is -3.57. The van der Waals surface area contributed by atoms with Crippen LogP contribution in [0.25, 0.3) is 0 Å². The van der Waals surface area contributed by atoms with Gasteiger partial charge in [-0.1, -0.05) is 6.42 Å². The molecule has 148 valence electrons. The van der Waals surface area contributed by atoms with E-state index in [1.807, 2.05) is 18.4 Å². The number of aromatic nitrogens is 2. The summed E-state index contributed by atoms with van der Waals surface area (Å²) in [6.07, 6.45) is 2.83. The summed E-state index contributed by atoms with van der Waals surface area (Å²) in [6, 6.07) is 2.02. The third kappa shape index (κ3) is 4.25. The number of hydrogen-bond donors (Lipinski definition) is 1. The van der Waals surface area contributed by atoms with Crippen LogP contribution in [0.4, 0.5) is 0 Å². The van der Waals surface area contributed by atoms with E-state index in [0.717, 1.165) is 29.7 Å². The molecule has 3 rings (SSSR count). The lowest BCUT2D eigenvalue weighted by molar-refractivity contribution is -0.122. The molecule has 1 amide bonds. The van der Waals surface area contributed by atoms with E-state index in [1.54, 1.807) is 25.2 Å². The van der Waals surface area contributed by atoms with E-state index in [4.69, 9.17) is 0 Å². The number of piperidine rings is 1. The van der Waals surface area contributed by atoms with E-state index < -0.39 is 10.0 Å². The van der Waals surface area contributed by atoms with Gasteiger partial charge in [0.15, 0.2) is 0 Å². The summed E-state index contributed by atoms with van der Waals surface area (Å²) in [6.45, 7) is 6.99. The number of thiophene rings is 1. The molecule has 7 nitrogen and oxygen atoms in total. The number of rotatable bonds is 6. The first kappa shape index (κ1) is 20.0. The number of carbonyl (C=O) groups is 1. The van der Waals surface area contributed by atoms with Crippen LogP contribution in [-0.2, 0) is 27.9 Å². The number of sulfonamides is 1. The molecular formula is C18H26N4O3S2. The number of amides is 1. The average molecular weight is 411 g/mol. The second-order valence-corrected chi connectivity index (χ2v) is 9.80. The molecule has 1 aliphatic heterocycles. The summed E-state index contributed by atoms with van der Waals surface area (Å²) in [4.78, 5) is 13.7. The zero-order chi connectivity index (χ0) is 19.6. The first-order chi connectivity index (χ1) is 12.8. The van der Waals surface area contributed by atoms with Crippen molar-refractivity contribution in [3.05, 3.63) is 33.3 Å². The molecule has 1 N–H and O–H groups in total. The molecule has 9 heteroatoms. The highest BCUT2D eigenvalue weighted by molar-refractivity contribution is 7.89. The third-order valence-electron chi connectivity index (χ3n) is 4.94. The number of nitrogens with one attached hydrogen (secondary N) is 1. The SMILES string of the molecule is Cc1ccsc1CNC(=O)Cn1nc(C)c(S(=O)(=O)N2CCCCC2)c1C. The third-order valence-corrected chi connectivity index (χ3v) is 8.11. The van der Waals surface area contributed by atoms with Gasteiger partial charge < -0.3 is 5.32 Å². The molecule has 1 fully saturated rings. The predicted molar refractivity (Wildman–Crippen MR) is 105 cm³/mol. The van der Waals surface area contributed by atoms with Gasteiger partial charge in [0.1, 0.15) is 11.4 Å². The summed E-state index contributed by atoms with van der Waals surface area (Å²) in [7, 11) is -3.57. The molecule has 0 aliphatic carbocycles. The molecule has 2 aromatic rings. The van der Waals surface area contributed by atoms with Gasteiger partial charge in [-0.05, 0) is 50.6 Å². The quantitative estimate of drug-likeness (QED) is 0.792. The van der Waals surface area contributed by atoms with Gasteiger partial charge in [0.2, 0.25) is 15.9 Å². The molecule has 0 unspecified atom stereocenters. The Hall–Kier alpha value is -1.71. The van der Waals surface area contributed by atoms with E-state index in [1.165, 1.54) is 8.99 Å². The molecule has 0 atom stereocenters. The van der Waals surface area contributed by atoms with E-state index >= 15 is 0 Å². The highest BCUT2D eigenvalue weighted by Crippen LogP contribution is 2.26. The second kappa shape index (κ2) is 8.12. The largest absolute Gasteiger partial charge is 0.350 e. The molecule has 0 spiro atoms. The number of hydrogen-bond acceptors (Lipinski definition) is 5. The van der Waals surface area contributed by atoms with Crippen LogP contribution in [0, 0.1) is 20.8 Å². The highest BCUT2D eigenvalue weighted by atomic mass is 32.2. The fourth-order valence-electron chi connectivity index (χ4n) is 3.40. The van der Waals surface area contributed by atoms with Crippen molar-refractivity contribution in [3.63, 3.8) is 0 Å². The lowest BCUT2D eigenvalue weighted by Gasteiger charge is -2.25. The van der Waals surface area contributed by atoms with Gasteiger partial charge in [0.25, 0.3) is 0 Å². The van der Waals surface area contributed by atoms with Crippen LogP contribution in [-0.4, -0.2) is 41.5 Å². The Morgan fingerprint density at radius 1 is 1.22 bits per heavy atom. The summed E-state index contributed by atoms with van der Waals surface area (Å²) in [5.74, 6) is -0.185. The van der Waals surface area contributed by atoms with Crippen molar-refractivity contribution in [3.8, 4) is 0 Å². The van der Waals surface area contributed by atoms with Gasteiger partial charge in [0, 0.05) is 18.0 Å².